The molecule has 0 atom stereocenters. The van der Waals surface area contributed by atoms with Gasteiger partial charge in [0.15, 0.2) is 5.82 Å². The molecular formula is C64H44N2. The van der Waals surface area contributed by atoms with Crippen LogP contribution in [0.1, 0.15) is 47.2 Å². The van der Waals surface area contributed by atoms with Crippen LogP contribution in [0.3, 0.4) is 0 Å². The largest absolute Gasteiger partial charge is 0.228 e. The van der Waals surface area contributed by atoms with E-state index in [-0.39, 0.29) is 5.41 Å². The fourth-order valence-electron chi connectivity index (χ4n) is 11.4. The number of nitrogens with zero attached hydrogens (tertiary/aromatic N) is 2. The van der Waals surface area contributed by atoms with Gasteiger partial charge in [-0.15, -0.1) is 0 Å². The summed E-state index contributed by atoms with van der Waals surface area (Å²) >= 11 is 0. The number of aromatic nitrogens is 2. The Balaban J connectivity index is 0.950. The fraction of sp³-hybridized carbons (Fsp3) is 0.0625. The van der Waals surface area contributed by atoms with Gasteiger partial charge in [0.1, 0.15) is 0 Å². The normalized spacial score (nSPS) is 13.8. The summed E-state index contributed by atoms with van der Waals surface area (Å²) in [4.78, 5) is 10.6. The lowest BCUT2D eigenvalue weighted by Gasteiger charge is -2.34. The molecule has 13 rings (SSSR count). The first-order valence-electron chi connectivity index (χ1n) is 23.0. The third kappa shape index (κ3) is 5.68. The molecule has 11 aromatic rings. The smallest absolute Gasteiger partial charge is 0.160 e. The lowest BCUT2D eigenvalue weighted by molar-refractivity contribution is 0.661. The van der Waals surface area contributed by atoms with Crippen molar-refractivity contribution in [2.45, 2.75) is 24.7 Å². The second kappa shape index (κ2) is 14.7. The highest BCUT2D eigenvalue weighted by Gasteiger charge is 2.46. The zero-order chi connectivity index (χ0) is 44.0. The Morgan fingerprint density at radius 2 is 0.818 bits per heavy atom. The van der Waals surface area contributed by atoms with E-state index < -0.39 is 5.41 Å². The predicted molar refractivity (Wildman–Crippen MR) is 274 cm³/mol. The number of hydrogen-bond donors (Lipinski definition) is 0. The highest BCUT2D eigenvalue weighted by Crippen LogP contribution is 2.58. The van der Waals surface area contributed by atoms with E-state index in [0.29, 0.717) is 5.82 Å². The summed E-state index contributed by atoms with van der Waals surface area (Å²) in [5, 5.41) is 4.86. The van der Waals surface area contributed by atoms with Crippen molar-refractivity contribution >= 4 is 21.5 Å². The summed E-state index contributed by atoms with van der Waals surface area (Å²) in [5.41, 5.74) is 19.8. The van der Waals surface area contributed by atoms with Gasteiger partial charge in [-0.05, 0) is 119 Å². The second-order valence-electron chi connectivity index (χ2n) is 18.5. The SMILES string of the molecule is CC1(C)c2cc3ccccc3cc2-c2c(-c3cc(-c4ccc5cc(-c6cccc7c6-c6ccccc6C7(c6ccccc6)c6ccccc6)ccc5c4)nc(-c4ccccc4)n3)cccc21. The van der Waals surface area contributed by atoms with Crippen molar-refractivity contribution in [3.63, 3.8) is 0 Å². The average molecular weight is 841 g/mol. The van der Waals surface area contributed by atoms with E-state index in [0.717, 1.165) is 33.5 Å². The van der Waals surface area contributed by atoms with Gasteiger partial charge in [-0.1, -0.05) is 214 Å². The highest BCUT2D eigenvalue weighted by molar-refractivity contribution is 6.00. The molecule has 0 amide bonds. The van der Waals surface area contributed by atoms with Crippen LogP contribution < -0.4 is 0 Å². The number of fused-ring (bicyclic) bond motifs is 8. The summed E-state index contributed by atoms with van der Waals surface area (Å²) in [7, 11) is 0. The second-order valence-corrected chi connectivity index (χ2v) is 18.5. The van der Waals surface area contributed by atoms with Crippen molar-refractivity contribution in [3.8, 4) is 67.3 Å². The van der Waals surface area contributed by atoms with Crippen LogP contribution in [0.4, 0.5) is 0 Å². The van der Waals surface area contributed by atoms with Crippen LogP contribution in [0.5, 0.6) is 0 Å². The van der Waals surface area contributed by atoms with Gasteiger partial charge in [-0.2, -0.15) is 0 Å². The van der Waals surface area contributed by atoms with Crippen molar-refractivity contribution in [3.05, 3.63) is 264 Å². The van der Waals surface area contributed by atoms with Crippen molar-refractivity contribution < 1.29 is 0 Å². The molecule has 0 N–H and O–H groups in total. The summed E-state index contributed by atoms with van der Waals surface area (Å²) in [6, 6.07) is 84.5. The Kier molecular flexibility index (Phi) is 8.51. The van der Waals surface area contributed by atoms with Gasteiger partial charge in [0.05, 0.1) is 16.8 Å². The molecule has 0 fully saturated rings. The number of rotatable bonds is 6. The minimum Gasteiger partial charge on any atom is -0.228 e. The van der Waals surface area contributed by atoms with Crippen LogP contribution in [0, 0.1) is 0 Å². The lowest BCUT2D eigenvalue weighted by atomic mass is 9.67. The first kappa shape index (κ1) is 38.3. The number of hydrogen-bond acceptors (Lipinski definition) is 2. The third-order valence-electron chi connectivity index (χ3n) is 14.5. The minimum atomic E-state index is -0.445. The topological polar surface area (TPSA) is 25.8 Å². The molecule has 0 bridgehead atoms. The molecule has 0 saturated heterocycles. The fourth-order valence-corrected chi connectivity index (χ4v) is 11.4. The molecule has 2 aliphatic carbocycles. The summed E-state index contributed by atoms with van der Waals surface area (Å²) in [5.74, 6) is 0.715. The van der Waals surface area contributed by atoms with Crippen molar-refractivity contribution in [1.29, 1.82) is 0 Å². The summed E-state index contributed by atoms with van der Waals surface area (Å²) < 4.78 is 0. The van der Waals surface area contributed by atoms with E-state index in [1.165, 1.54) is 82.9 Å². The van der Waals surface area contributed by atoms with Gasteiger partial charge < -0.3 is 0 Å². The molecule has 10 aromatic carbocycles. The van der Waals surface area contributed by atoms with Gasteiger partial charge in [0.2, 0.25) is 0 Å². The quantitative estimate of drug-likeness (QED) is 0.167. The molecule has 1 heterocycles. The van der Waals surface area contributed by atoms with Crippen LogP contribution in [-0.4, -0.2) is 9.97 Å². The maximum Gasteiger partial charge on any atom is 0.160 e. The van der Waals surface area contributed by atoms with Crippen LogP contribution in [0.25, 0.3) is 88.8 Å². The van der Waals surface area contributed by atoms with E-state index in [1.54, 1.807) is 0 Å². The first-order chi connectivity index (χ1) is 32.5. The van der Waals surface area contributed by atoms with Crippen LogP contribution in [0.2, 0.25) is 0 Å². The highest BCUT2D eigenvalue weighted by atomic mass is 14.9. The maximum atomic E-state index is 5.35. The van der Waals surface area contributed by atoms with Gasteiger partial charge >= 0.3 is 0 Å². The monoisotopic (exact) mass is 840 g/mol. The van der Waals surface area contributed by atoms with Gasteiger partial charge in [-0.25, -0.2) is 9.97 Å². The molecule has 66 heavy (non-hydrogen) atoms. The lowest BCUT2D eigenvalue weighted by Crippen LogP contribution is -2.28. The van der Waals surface area contributed by atoms with Gasteiger partial charge in [0.25, 0.3) is 0 Å². The Labute approximate surface area is 385 Å². The van der Waals surface area contributed by atoms with Crippen molar-refractivity contribution in [2.75, 3.05) is 0 Å². The van der Waals surface area contributed by atoms with E-state index in [2.05, 4.69) is 238 Å². The predicted octanol–water partition coefficient (Wildman–Crippen LogP) is 16.1. The first-order valence-corrected chi connectivity index (χ1v) is 23.0. The van der Waals surface area contributed by atoms with E-state index in [9.17, 15) is 0 Å². The summed E-state index contributed by atoms with van der Waals surface area (Å²) in [6.45, 7) is 4.70. The molecule has 2 heteroatoms. The molecule has 0 spiro atoms. The van der Waals surface area contributed by atoms with E-state index in [4.69, 9.17) is 9.97 Å². The molecule has 1 aromatic heterocycles. The Bertz CT molecular complexity index is 3680. The maximum absolute atomic E-state index is 5.35. The Morgan fingerprint density at radius 1 is 0.303 bits per heavy atom. The van der Waals surface area contributed by atoms with Crippen LogP contribution in [-0.2, 0) is 10.8 Å². The Hall–Kier alpha value is -8.20. The zero-order valence-corrected chi connectivity index (χ0v) is 36.8. The number of benzene rings is 10. The molecule has 0 unspecified atom stereocenters. The zero-order valence-electron chi connectivity index (χ0n) is 36.8. The Morgan fingerprint density at radius 3 is 1.55 bits per heavy atom. The van der Waals surface area contributed by atoms with Crippen LogP contribution >= 0.6 is 0 Å². The van der Waals surface area contributed by atoms with Gasteiger partial charge in [-0.3, -0.25) is 0 Å². The van der Waals surface area contributed by atoms with E-state index in [1.807, 2.05) is 6.07 Å². The molecule has 0 aliphatic heterocycles. The third-order valence-corrected chi connectivity index (χ3v) is 14.5. The van der Waals surface area contributed by atoms with Crippen LogP contribution in [0.15, 0.2) is 231 Å². The average Bonchev–Trinajstić information content (AvgIpc) is 3.81. The molecular weight excluding hydrogens is 797 g/mol. The molecule has 310 valence electrons. The standard InChI is InChI=1S/C64H44N2/c1-63(2)55-30-17-28-52(61(55)53-38-42-20-12-13-21-43(42)39-57(53)63)59-40-58(65-62(66-59)41-18-6-3-7-19-41)47-35-33-44-36-46(34-32-45(44)37-47)50-27-16-31-56-60(50)51-26-14-15-29-54(51)64(56,48-22-8-4-9-23-48)49-24-10-5-11-25-49/h3-40H,1-2H3. The van der Waals surface area contributed by atoms with Crippen molar-refractivity contribution in [1.82, 2.24) is 9.97 Å². The van der Waals surface area contributed by atoms with E-state index >= 15 is 0 Å². The molecule has 2 aliphatic rings. The molecule has 2 nitrogen and oxygen atoms in total. The van der Waals surface area contributed by atoms with Crippen molar-refractivity contribution in [2.24, 2.45) is 0 Å². The summed E-state index contributed by atoms with van der Waals surface area (Å²) in [6.07, 6.45) is 0. The molecule has 0 saturated carbocycles. The minimum absolute atomic E-state index is 0.157. The molecule has 0 radical (unpaired) electrons. The van der Waals surface area contributed by atoms with Gasteiger partial charge in [0, 0.05) is 22.1 Å².